The highest BCUT2D eigenvalue weighted by atomic mass is 79.9. The molecule has 1 aliphatic heterocycles. The Bertz CT molecular complexity index is 458. The Hall–Kier alpha value is -1.07. The third-order valence-corrected chi connectivity index (χ3v) is 3.66. The maximum Gasteiger partial charge on any atom is 0.255 e. The Morgan fingerprint density at radius 2 is 2.40 bits per heavy atom. The summed E-state index contributed by atoms with van der Waals surface area (Å²) in [7, 11) is 0. The molecule has 1 unspecified atom stereocenters. The van der Waals surface area contributed by atoms with E-state index in [4.69, 9.17) is 9.47 Å². The number of halogens is 1. The molecule has 4 nitrogen and oxygen atoms in total. The zero-order chi connectivity index (χ0) is 14.4. The fourth-order valence-corrected chi connectivity index (χ4v) is 2.49. The lowest BCUT2D eigenvalue weighted by Gasteiger charge is -2.14. The molecule has 1 N–H and O–H groups in total. The van der Waals surface area contributed by atoms with E-state index in [9.17, 15) is 4.79 Å². The first-order chi connectivity index (χ1) is 9.70. The van der Waals surface area contributed by atoms with Gasteiger partial charge in [0.15, 0.2) is 0 Å². The lowest BCUT2D eigenvalue weighted by molar-refractivity contribution is 0.0854. The van der Waals surface area contributed by atoms with Crippen molar-refractivity contribution in [3.05, 3.63) is 28.2 Å². The number of ether oxygens (including phenoxy) is 2. The van der Waals surface area contributed by atoms with Crippen LogP contribution < -0.4 is 10.1 Å². The van der Waals surface area contributed by atoms with Gasteiger partial charge in [0.1, 0.15) is 5.75 Å². The first-order valence-corrected chi connectivity index (χ1v) is 7.82. The van der Waals surface area contributed by atoms with Crippen molar-refractivity contribution in [3.8, 4) is 5.75 Å². The average molecular weight is 342 g/mol. The maximum atomic E-state index is 12.3. The molecule has 5 heteroatoms. The van der Waals surface area contributed by atoms with E-state index in [1.54, 1.807) is 6.07 Å². The Morgan fingerprint density at radius 3 is 3.10 bits per heavy atom. The number of amides is 1. The van der Waals surface area contributed by atoms with Crippen LogP contribution in [-0.4, -0.2) is 31.8 Å². The molecule has 1 amide bonds. The van der Waals surface area contributed by atoms with Gasteiger partial charge in [-0.15, -0.1) is 0 Å². The van der Waals surface area contributed by atoms with Crippen molar-refractivity contribution in [2.45, 2.75) is 32.3 Å². The van der Waals surface area contributed by atoms with Crippen LogP contribution in [0.3, 0.4) is 0 Å². The summed E-state index contributed by atoms with van der Waals surface area (Å²) in [6.45, 7) is 3.99. The molecule has 1 aromatic carbocycles. The van der Waals surface area contributed by atoms with E-state index in [2.05, 4.69) is 21.2 Å². The van der Waals surface area contributed by atoms with Crippen LogP contribution in [0.2, 0.25) is 0 Å². The van der Waals surface area contributed by atoms with E-state index in [1.807, 2.05) is 19.1 Å². The molecule has 1 aliphatic rings. The average Bonchev–Trinajstić information content (AvgIpc) is 2.96. The number of carbonyl (C=O) groups is 1. The number of carbonyl (C=O) groups excluding carboxylic acids is 1. The topological polar surface area (TPSA) is 47.6 Å². The summed E-state index contributed by atoms with van der Waals surface area (Å²) in [6, 6.07) is 5.48. The number of rotatable bonds is 6. The van der Waals surface area contributed by atoms with Crippen molar-refractivity contribution in [3.63, 3.8) is 0 Å². The van der Waals surface area contributed by atoms with Crippen molar-refractivity contribution in [1.29, 1.82) is 0 Å². The molecular formula is C15H20BrNO3. The van der Waals surface area contributed by atoms with Crippen LogP contribution in [0.15, 0.2) is 22.7 Å². The fourth-order valence-electron chi connectivity index (χ4n) is 2.12. The Balaban J connectivity index is 2.00. The summed E-state index contributed by atoms with van der Waals surface area (Å²) >= 11 is 3.39. The zero-order valence-corrected chi connectivity index (χ0v) is 13.2. The molecule has 0 radical (unpaired) electrons. The molecule has 0 aliphatic carbocycles. The van der Waals surface area contributed by atoms with Crippen molar-refractivity contribution in [2.24, 2.45) is 0 Å². The minimum atomic E-state index is -0.118. The lowest BCUT2D eigenvalue weighted by Crippen LogP contribution is -2.32. The van der Waals surface area contributed by atoms with Crippen molar-refractivity contribution in [2.75, 3.05) is 19.8 Å². The second-order valence-electron chi connectivity index (χ2n) is 4.83. The number of hydrogen-bond donors (Lipinski definition) is 1. The molecule has 2 rings (SSSR count). The molecule has 1 aromatic rings. The van der Waals surface area contributed by atoms with Gasteiger partial charge in [-0.25, -0.2) is 0 Å². The predicted molar refractivity (Wildman–Crippen MR) is 81.2 cm³/mol. The summed E-state index contributed by atoms with van der Waals surface area (Å²) in [4.78, 5) is 12.3. The van der Waals surface area contributed by atoms with E-state index in [-0.39, 0.29) is 12.0 Å². The lowest BCUT2D eigenvalue weighted by atomic mass is 10.1. The minimum Gasteiger partial charge on any atom is -0.493 e. The molecule has 1 fully saturated rings. The largest absolute Gasteiger partial charge is 0.493 e. The van der Waals surface area contributed by atoms with Gasteiger partial charge in [-0.2, -0.15) is 0 Å². The van der Waals surface area contributed by atoms with Gasteiger partial charge in [-0.1, -0.05) is 22.9 Å². The molecule has 0 bridgehead atoms. The van der Waals surface area contributed by atoms with Gasteiger partial charge < -0.3 is 14.8 Å². The molecule has 20 heavy (non-hydrogen) atoms. The van der Waals surface area contributed by atoms with Crippen molar-refractivity contribution >= 4 is 21.8 Å². The second kappa shape index (κ2) is 7.64. The standard InChI is InChI=1S/C15H20BrNO3/c1-2-7-20-14-6-5-11(16)9-13(14)15(18)17-10-12-4-3-8-19-12/h5-6,9,12H,2-4,7-8,10H2,1H3,(H,17,18). The highest BCUT2D eigenvalue weighted by molar-refractivity contribution is 9.10. The summed E-state index contributed by atoms with van der Waals surface area (Å²) in [6.07, 6.45) is 3.14. The molecule has 1 heterocycles. The van der Waals surface area contributed by atoms with Gasteiger partial charge >= 0.3 is 0 Å². The molecule has 110 valence electrons. The van der Waals surface area contributed by atoms with Crippen LogP contribution in [0.5, 0.6) is 5.75 Å². The highest BCUT2D eigenvalue weighted by Gasteiger charge is 2.18. The Morgan fingerprint density at radius 1 is 1.55 bits per heavy atom. The van der Waals surface area contributed by atoms with E-state index < -0.39 is 0 Å². The number of nitrogens with one attached hydrogen (secondary N) is 1. The smallest absolute Gasteiger partial charge is 0.255 e. The maximum absolute atomic E-state index is 12.3. The van der Waals surface area contributed by atoms with Crippen LogP contribution in [0, 0.1) is 0 Å². The van der Waals surface area contributed by atoms with Crippen molar-refractivity contribution in [1.82, 2.24) is 5.32 Å². The third kappa shape index (κ3) is 4.21. The van der Waals surface area contributed by atoms with Crippen LogP contribution in [-0.2, 0) is 4.74 Å². The minimum absolute atomic E-state index is 0.118. The first-order valence-electron chi connectivity index (χ1n) is 7.03. The quantitative estimate of drug-likeness (QED) is 0.864. The summed E-state index contributed by atoms with van der Waals surface area (Å²) < 4.78 is 12.0. The summed E-state index contributed by atoms with van der Waals surface area (Å²) in [5.41, 5.74) is 0.561. The van der Waals surface area contributed by atoms with Gasteiger partial charge in [-0.3, -0.25) is 4.79 Å². The normalized spacial score (nSPS) is 18.0. The second-order valence-corrected chi connectivity index (χ2v) is 5.75. The third-order valence-electron chi connectivity index (χ3n) is 3.16. The first kappa shape index (κ1) is 15.3. The van der Waals surface area contributed by atoms with Crippen LogP contribution in [0.4, 0.5) is 0 Å². The fraction of sp³-hybridized carbons (Fsp3) is 0.533. The molecule has 1 atom stereocenters. The van der Waals surface area contributed by atoms with Crippen molar-refractivity contribution < 1.29 is 14.3 Å². The van der Waals surface area contributed by atoms with Gasteiger partial charge in [0, 0.05) is 17.6 Å². The molecule has 0 spiro atoms. The van der Waals surface area contributed by atoms with Gasteiger partial charge in [0.2, 0.25) is 0 Å². The Kier molecular flexibility index (Phi) is 5.86. The molecule has 1 saturated heterocycles. The number of benzene rings is 1. The van der Waals surface area contributed by atoms with Gasteiger partial charge in [-0.05, 0) is 37.5 Å². The summed E-state index contributed by atoms with van der Waals surface area (Å²) in [5, 5.41) is 2.92. The zero-order valence-electron chi connectivity index (χ0n) is 11.7. The van der Waals surface area contributed by atoms with Crippen LogP contribution in [0.25, 0.3) is 0 Å². The Labute approximate surface area is 128 Å². The molecule has 0 saturated carbocycles. The van der Waals surface area contributed by atoms with E-state index in [0.29, 0.717) is 24.5 Å². The molecule has 0 aromatic heterocycles. The van der Waals surface area contributed by atoms with Crippen LogP contribution in [0.1, 0.15) is 36.5 Å². The van der Waals surface area contributed by atoms with E-state index in [0.717, 1.165) is 30.3 Å². The van der Waals surface area contributed by atoms with Gasteiger partial charge in [0.05, 0.1) is 18.3 Å². The summed E-state index contributed by atoms with van der Waals surface area (Å²) in [5.74, 6) is 0.507. The highest BCUT2D eigenvalue weighted by Crippen LogP contribution is 2.23. The van der Waals surface area contributed by atoms with Gasteiger partial charge in [0.25, 0.3) is 5.91 Å². The molecular weight excluding hydrogens is 322 g/mol. The number of hydrogen-bond acceptors (Lipinski definition) is 3. The van der Waals surface area contributed by atoms with E-state index in [1.165, 1.54) is 0 Å². The van der Waals surface area contributed by atoms with Crippen LogP contribution >= 0.6 is 15.9 Å². The monoisotopic (exact) mass is 341 g/mol. The SMILES string of the molecule is CCCOc1ccc(Br)cc1C(=O)NCC1CCCO1. The predicted octanol–water partition coefficient (Wildman–Crippen LogP) is 3.15. The van der Waals surface area contributed by atoms with E-state index >= 15 is 0 Å².